The summed E-state index contributed by atoms with van der Waals surface area (Å²) in [6, 6.07) is 9.84. The molecule has 0 spiro atoms. The van der Waals surface area contributed by atoms with Crippen molar-refractivity contribution in [3.05, 3.63) is 53.5 Å². The van der Waals surface area contributed by atoms with Gasteiger partial charge < -0.3 is 15.1 Å². The van der Waals surface area contributed by atoms with Crippen molar-refractivity contribution in [2.24, 2.45) is 0 Å². The molecule has 1 unspecified atom stereocenters. The highest BCUT2D eigenvalue weighted by atomic mass is 16.3. The average Bonchev–Trinajstić information content (AvgIpc) is 2.86. The summed E-state index contributed by atoms with van der Waals surface area (Å²) < 4.78 is 5.15. The van der Waals surface area contributed by atoms with Crippen molar-refractivity contribution < 1.29 is 9.21 Å². The Bertz CT molecular complexity index is 590. The molecule has 2 rings (SSSR count). The molecule has 0 aliphatic heterocycles. The van der Waals surface area contributed by atoms with Crippen LogP contribution in [0.2, 0.25) is 0 Å². The van der Waals surface area contributed by atoms with Crippen molar-refractivity contribution in [1.29, 1.82) is 0 Å². The number of furan rings is 1. The molecule has 0 bridgehead atoms. The van der Waals surface area contributed by atoms with Crippen molar-refractivity contribution in [2.45, 2.75) is 26.8 Å². The lowest BCUT2D eigenvalue weighted by Crippen LogP contribution is -2.18. The summed E-state index contributed by atoms with van der Waals surface area (Å²) in [5.41, 5.74) is 2.47. The van der Waals surface area contributed by atoms with E-state index in [1.807, 2.05) is 31.2 Å². The van der Waals surface area contributed by atoms with Crippen LogP contribution in [0.1, 0.15) is 41.6 Å². The van der Waals surface area contributed by atoms with Crippen LogP contribution in [-0.2, 0) is 0 Å². The summed E-state index contributed by atoms with van der Waals surface area (Å²) >= 11 is 0. The lowest BCUT2D eigenvalue weighted by molar-refractivity contribution is 0.102. The average molecular weight is 272 g/mol. The molecule has 1 heterocycles. The number of amides is 1. The van der Waals surface area contributed by atoms with Crippen LogP contribution in [-0.4, -0.2) is 12.5 Å². The normalized spacial score (nSPS) is 12.2. The van der Waals surface area contributed by atoms with E-state index in [0.717, 1.165) is 23.6 Å². The summed E-state index contributed by atoms with van der Waals surface area (Å²) in [5, 5.41) is 6.23. The molecule has 1 amide bonds. The molecule has 106 valence electrons. The van der Waals surface area contributed by atoms with Crippen LogP contribution in [0.15, 0.2) is 41.0 Å². The van der Waals surface area contributed by atoms with Gasteiger partial charge in [-0.15, -0.1) is 0 Å². The summed E-state index contributed by atoms with van der Waals surface area (Å²) in [5.74, 6) is 0.569. The number of anilines is 1. The van der Waals surface area contributed by atoms with Crippen LogP contribution in [0.4, 0.5) is 5.69 Å². The molecular weight excluding hydrogens is 252 g/mol. The molecule has 1 aromatic heterocycles. The summed E-state index contributed by atoms with van der Waals surface area (Å²) in [4.78, 5) is 12.0. The molecule has 4 heteroatoms. The van der Waals surface area contributed by atoms with Gasteiger partial charge in [0.25, 0.3) is 5.91 Å². The van der Waals surface area contributed by atoms with E-state index < -0.39 is 0 Å². The summed E-state index contributed by atoms with van der Waals surface area (Å²) in [7, 11) is 0. The minimum atomic E-state index is -0.157. The van der Waals surface area contributed by atoms with Gasteiger partial charge in [0.2, 0.25) is 0 Å². The Morgan fingerprint density at radius 1 is 1.35 bits per heavy atom. The van der Waals surface area contributed by atoms with Crippen LogP contribution in [0.3, 0.4) is 0 Å². The van der Waals surface area contributed by atoms with Gasteiger partial charge in [-0.05, 0) is 44.2 Å². The number of carbonyl (C=O) groups is 1. The molecule has 0 fully saturated rings. The van der Waals surface area contributed by atoms with Crippen molar-refractivity contribution in [3.63, 3.8) is 0 Å². The van der Waals surface area contributed by atoms with E-state index in [1.165, 1.54) is 6.26 Å². The summed E-state index contributed by atoms with van der Waals surface area (Å²) in [6.07, 6.45) is 1.47. The molecule has 0 radical (unpaired) electrons. The zero-order valence-electron chi connectivity index (χ0n) is 12.1. The van der Waals surface area contributed by atoms with Crippen LogP contribution >= 0.6 is 0 Å². The standard InChI is InChI=1S/C16H20N2O2/c1-4-17-12(3)13-6-5-7-15(9-13)18-16(19)14-8-11(2)20-10-14/h5-10,12,17H,4H2,1-3H3,(H,18,19). The lowest BCUT2D eigenvalue weighted by Gasteiger charge is -2.14. The van der Waals surface area contributed by atoms with Gasteiger partial charge in [0.05, 0.1) is 5.56 Å². The number of hydrogen-bond acceptors (Lipinski definition) is 3. The Labute approximate surface area is 119 Å². The number of benzene rings is 1. The number of rotatable bonds is 5. The molecular formula is C16H20N2O2. The van der Waals surface area contributed by atoms with Gasteiger partial charge in [0.15, 0.2) is 0 Å². The smallest absolute Gasteiger partial charge is 0.258 e. The topological polar surface area (TPSA) is 54.3 Å². The van der Waals surface area contributed by atoms with E-state index in [4.69, 9.17) is 4.42 Å². The molecule has 2 aromatic rings. The van der Waals surface area contributed by atoms with Crippen molar-refractivity contribution in [3.8, 4) is 0 Å². The van der Waals surface area contributed by atoms with Gasteiger partial charge in [-0.25, -0.2) is 0 Å². The molecule has 0 saturated carbocycles. The van der Waals surface area contributed by atoms with E-state index in [9.17, 15) is 4.79 Å². The minimum absolute atomic E-state index is 0.157. The second-order valence-corrected chi connectivity index (χ2v) is 4.80. The Kier molecular flexibility index (Phi) is 4.58. The number of carbonyl (C=O) groups excluding carboxylic acids is 1. The Morgan fingerprint density at radius 3 is 2.80 bits per heavy atom. The first-order valence-electron chi connectivity index (χ1n) is 6.80. The first-order chi connectivity index (χ1) is 9.60. The van der Waals surface area contributed by atoms with Gasteiger partial charge in [-0.1, -0.05) is 19.1 Å². The minimum Gasteiger partial charge on any atom is -0.469 e. The second kappa shape index (κ2) is 6.39. The van der Waals surface area contributed by atoms with Crippen LogP contribution in [0.5, 0.6) is 0 Å². The Hall–Kier alpha value is -2.07. The van der Waals surface area contributed by atoms with Gasteiger partial charge in [-0.3, -0.25) is 4.79 Å². The molecule has 0 aliphatic rings. The monoisotopic (exact) mass is 272 g/mol. The highest BCUT2D eigenvalue weighted by Gasteiger charge is 2.10. The Balaban J connectivity index is 2.09. The van der Waals surface area contributed by atoms with Crippen molar-refractivity contribution in [1.82, 2.24) is 5.32 Å². The fraction of sp³-hybridized carbons (Fsp3) is 0.312. The first-order valence-corrected chi connectivity index (χ1v) is 6.80. The fourth-order valence-corrected chi connectivity index (χ4v) is 2.08. The molecule has 1 atom stereocenters. The third-order valence-corrected chi connectivity index (χ3v) is 3.15. The maximum atomic E-state index is 12.0. The van der Waals surface area contributed by atoms with E-state index in [-0.39, 0.29) is 11.9 Å². The van der Waals surface area contributed by atoms with Gasteiger partial charge in [0.1, 0.15) is 12.0 Å². The number of hydrogen-bond donors (Lipinski definition) is 2. The first kappa shape index (κ1) is 14.3. The largest absolute Gasteiger partial charge is 0.469 e. The van der Waals surface area contributed by atoms with Crippen LogP contribution in [0, 0.1) is 6.92 Å². The van der Waals surface area contributed by atoms with E-state index in [0.29, 0.717) is 5.56 Å². The zero-order chi connectivity index (χ0) is 14.5. The van der Waals surface area contributed by atoms with Gasteiger partial charge in [-0.2, -0.15) is 0 Å². The SMILES string of the molecule is CCNC(C)c1cccc(NC(=O)c2coc(C)c2)c1. The van der Waals surface area contributed by atoms with Crippen LogP contribution in [0.25, 0.3) is 0 Å². The quantitative estimate of drug-likeness (QED) is 0.875. The zero-order valence-corrected chi connectivity index (χ0v) is 12.1. The van der Waals surface area contributed by atoms with E-state index >= 15 is 0 Å². The fourth-order valence-electron chi connectivity index (χ4n) is 2.08. The van der Waals surface area contributed by atoms with E-state index in [1.54, 1.807) is 6.07 Å². The third kappa shape index (κ3) is 3.48. The predicted molar refractivity (Wildman–Crippen MR) is 79.9 cm³/mol. The highest BCUT2D eigenvalue weighted by Crippen LogP contribution is 2.18. The maximum absolute atomic E-state index is 12.0. The Morgan fingerprint density at radius 2 is 2.15 bits per heavy atom. The molecule has 0 aliphatic carbocycles. The number of aryl methyl sites for hydroxylation is 1. The third-order valence-electron chi connectivity index (χ3n) is 3.15. The van der Waals surface area contributed by atoms with Crippen molar-refractivity contribution >= 4 is 11.6 Å². The molecule has 20 heavy (non-hydrogen) atoms. The second-order valence-electron chi connectivity index (χ2n) is 4.80. The van der Waals surface area contributed by atoms with E-state index in [2.05, 4.69) is 24.5 Å². The lowest BCUT2D eigenvalue weighted by atomic mass is 10.1. The maximum Gasteiger partial charge on any atom is 0.258 e. The van der Waals surface area contributed by atoms with Crippen LogP contribution < -0.4 is 10.6 Å². The highest BCUT2D eigenvalue weighted by molar-refractivity contribution is 6.04. The van der Waals surface area contributed by atoms with Gasteiger partial charge in [0, 0.05) is 11.7 Å². The summed E-state index contributed by atoms with van der Waals surface area (Å²) in [6.45, 7) is 6.90. The molecule has 0 saturated heterocycles. The molecule has 1 aromatic carbocycles. The molecule has 4 nitrogen and oxygen atoms in total. The predicted octanol–water partition coefficient (Wildman–Crippen LogP) is 3.51. The van der Waals surface area contributed by atoms with Gasteiger partial charge >= 0.3 is 0 Å². The number of nitrogens with one attached hydrogen (secondary N) is 2. The van der Waals surface area contributed by atoms with Crippen molar-refractivity contribution in [2.75, 3.05) is 11.9 Å². The molecule has 2 N–H and O–H groups in total.